The fraction of sp³-hybridized carbons (Fsp3) is 0.833. The summed E-state index contributed by atoms with van der Waals surface area (Å²) in [4.78, 5) is 0. The van der Waals surface area contributed by atoms with Gasteiger partial charge in [-0.2, -0.15) is 0 Å². The van der Waals surface area contributed by atoms with Crippen LogP contribution in [0.15, 0.2) is 30.3 Å². The summed E-state index contributed by atoms with van der Waals surface area (Å²) in [6.07, 6.45) is 25.8. The molecule has 0 atom stereocenters. The molecule has 1 aliphatic rings. The van der Waals surface area contributed by atoms with Gasteiger partial charge in [-0.25, -0.2) is 0 Å². The summed E-state index contributed by atoms with van der Waals surface area (Å²) in [5.74, 6) is 0. The third-order valence-electron chi connectivity index (χ3n) is 8.34. The molecule has 0 aliphatic carbocycles. The third-order valence-corrected chi connectivity index (χ3v) is 8.34. The standard InChI is InChI=1S/C36H64O4/c1-3-5-7-9-10-11-12-13-16-24-30-38-31-36(32-39-35(40-33-36)34-25-19-18-20-26-34)27-21-15-14-17-23-29-37-28-22-8-6-4-2/h18-20,25-26,35H,3-17,21-24,27-33H2,1-2H3. The van der Waals surface area contributed by atoms with Crippen LogP contribution in [0.1, 0.15) is 154 Å². The lowest BCUT2D eigenvalue weighted by molar-refractivity contribution is -0.246. The van der Waals surface area contributed by atoms with Gasteiger partial charge in [0, 0.05) is 30.8 Å². The first-order valence-electron chi connectivity index (χ1n) is 17.2. The maximum Gasteiger partial charge on any atom is 0.183 e. The fourth-order valence-electron chi connectivity index (χ4n) is 5.64. The summed E-state index contributed by atoms with van der Waals surface area (Å²) in [5.41, 5.74) is 1.08. The van der Waals surface area contributed by atoms with E-state index in [1.54, 1.807) is 0 Å². The maximum atomic E-state index is 6.28. The van der Waals surface area contributed by atoms with Gasteiger partial charge < -0.3 is 18.9 Å². The smallest absolute Gasteiger partial charge is 0.183 e. The van der Waals surface area contributed by atoms with E-state index >= 15 is 0 Å². The topological polar surface area (TPSA) is 36.9 Å². The highest BCUT2D eigenvalue weighted by molar-refractivity contribution is 5.16. The van der Waals surface area contributed by atoms with Crippen molar-refractivity contribution in [2.45, 2.75) is 149 Å². The Morgan fingerprint density at radius 1 is 0.575 bits per heavy atom. The van der Waals surface area contributed by atoms with Crippen LogP contribution in [0.4, 0.5) is 0 Å². The zero-order valence-electron chi connectivity index (χ0n) is 26.5. The minimum atomic E-state index is -0.252. The molecule has 0 aromatic heterocycles. The van der Waals surface area contributed by atoms with E-state index in [0.29, 0.717) is 0 Å². The maximum absolute atomic E-state index is 6.28. The molecule has 1 aromatic carbocycles. The number of hydrogen-bond acceptors (Lipinski definition) is 4. The number of hydrogen-bond donors (Lipinski definition) is 0. The van der Waals surface area contributed by atoms with Crippen LogP contribution in [0, 0.1) is 5.41 Å². The number of rotatable bonds is 27. The molecule has 0 bridgehead atoms. The van der Waals surface area contributed by atoms with Crippen LogP contribution in [-0.4, -0.2) is 39.6 Å². The third kappa shape index (κ3) is 17.1. The second-order valence-corrected chi connectivity index (χ2v) is 12.3. The molecule has 2 rings (SSSR count). The molecule has 0 radical (unpaired) electrons. The average Bonchev–Trinajstić information content (AvgIpc) is 2.99. The summed E-state index contributed by atoms with van der Waals surface area (Å²) in [7, 11) is 0. The quantitative estimate of drug-likeness (QED) is 0.100. The number of unbranched alkanes of at least 4 members (excludes halogenated alkanes) is 16. The van der Waals surface area contributed by atoms with E-state index in [1.165, 1.54) is 122 Å². The van der Waals surface area contributed by atoms with Crippen LogP contribution in [0.5, 0.6) is 0 Å². The summed E-state index contributed by atoms with van der Waals surface area (Å²) < 4.78 is 24.6. The van der Waals surface area contributed by atoms with Crippen molar-refractivity contribution < 1.29 is 18.9 Å². The van der Waals surface area contributed by atoms with Gasteiger partial charge in [-0.05, 0) is 25.7 Å². The van der Waals surface area contributed by atoms with Crippen molar-refractivity contribution in [3.05, 3.63) is 35.9 Å². The Balaban J connectivity index is 1.60. The molecule has 1 heterocycles. The molecule has 1 fully saturated rings. The molecule has 0 N–H and O–H groups in total. The Morgan fingerprint density at radius 2 is 1.02 bits per heavy atom. The van der Waals surface area contributed by atoms with E-state index in [2.05, 4.69) is 38.1 Å². The normalized spacial score (nSPS) is 19.3. The second kappa shape index (κ2) is 24.6. The van der Waals surface area contributed by atoms with Crippen molar-refractivity contribution in [3.63, 3.8) is 0 Å². The molecule has 0 spiro atoms. The van der Waals surface area contributed by atoms with Crippen molar-refractivity contribution in [1.29, 1.82) is 0 Å². The molecule has 0 amide bonds. The second-order valence-electron chi connectivity index (χ2n) is 12.3. The van der Waals surface area contributed by atoms with Crippen molar-refractivity contribution in [2.75, 3.05) is 39.6 Å². The van der Waals surface area contributed by atoms with E-state index < -0.39 is 0 Å². The largest absolute Gasteiger partial charge is 0.381 e. The Morgan fingerprint density at radius 3 is 1.57 bits per heavy atom. The van der Waals surface area contributed by atoms with Crippen molar-refractivity contribution in [2.24, 2.45) is 5.41 Å². The molecule has 0 unspecified atom stereocenters. The highest BCUT2D eigenvalue weighted by atomic mass is 16.7. The predicted molar refractivity (Wildman–Crippen MR) is 169 cm³/mol. The molecule has 232 valence electrons. The first-order valence-corrected chi connectivity index (χ1v) is 17.2. The van der Waals surface area contributed by atoms with Gasteiger partial charge in [0.05, 0.1) is 19.8 Å². The van der Waals surface area contributed by atoms with Gasteiger partial charge in [0.25, 0.3) is 0 Å². The molecule has 4 nitrogen and oxygen atoms in total. The van der Waals surface area contributed by atoms with Gasteiger partial charge in [-0.3, -0.25) is 0 Å². The van der Waals surface area contributed by atoms with Crippen LogP contribution in [0.25, 0.3) is 0 Å². The first kappa shape index (κ1) is 35.3. The Labute approximate surface area is 248 Å². The van der Waals surface area contributed by atoms with Gasteiger partial charge in [0.1, 0.15) is 0 Å². The number of benzene rings is 1. The molecule has 4 heteroatoms. The monoisotopic (exact) mass is 560 g/mol. The fourth-order valence-corrected chi connectivity index (χ4v) is 5.64. The minimum Gasteiger partial charge on any atom is -0.381 e. The lowest BCUT2D eigenvalue weighted by Gasteiger charge is -2.40. The summed E-state index contributed by atoms with van der Waals surface area (Å²) in [6, 6.07) is 10.3. The Bertz CT molecular complexity index is 626. The van der Waals surface area contributed by atoms with Crippen LogP contribution in [0.3, 0.4) is 0 Å². The van der Waals surface area contributed by atoms with Crippen LogP contribution >= 0.6 is 0 Å². The van der Waals surface area contributed by atoms with Crippen molar-refractivity contribution >= 4 is 0 Å². The number of ether oxygens (including phenoxy) is 4. The van der Waals surface area contributed by atoms with Gasteiger partial charge in [0.15, 0.2) is 6.29 Å². The van der Waals surface area contributed by atoms with Crippen LogP contribution < -0.4 is 0 Å². The molecule has 0 saturated carbocycles. The van der Waals surface area contributed by atoms with E-state index in [9.17, 15) is 0 Å². The molecule has 1 aliphatic heterocycles. The van der Waals surface area contributed by atoms with E-state index in [4.69, 9.17) is 18.9 Å². The zero-order chi connectivity index (χ0) is 28.4. The van der Waals surface area contributed by atoms with Crippen LogP contribution in [0.2, 0.25) is 0 Å². The molecule has 1 saturated heterocycles. The molecule has 1 aromatic rings. The van der Waals surface area contributed by atoms with E-state index in [1.807, 2.05) is 6.07 Å². The van der Waals surface area contributed by atoms with Gasteiger partial charge in [-0.1, -0.05) is 147 Å². The molecular weight excluding hydrogens is 496 g/mol. The SMILES string of the molecule is CCCCCCCCCCCCOCC1(CCCCCCCOCCCCCC)COC(c2ccccc2)OC1. The average molecular weight is 561 g/mol. The summed E-state index contributed by atoms with van der Waals surface area (Å²) in [5, 5.41) is 0. The molecular formula is C36H64O4. The van der Waals surface area contributed by atoms with Gasteiger partial charge >= 0.3 is 0 Å². The van der Waals surface area contributed by atoms with Crippen LogP contribution in [-0.2, 0) is 18.9 Å². The van der Waals surface area contributed by atoms with Crippen molar-refractivity contribution in [1.82, 2.24) is 0 Å². The minimum absolute atomic E-state index is 0.0225. The van der Waals surface area contributed by atoms with E-state index in [0.717, 1.165) is 51.6 Å². The van der Waals surface area contributed by atoms with Gasteiger partial charge in [0.2, 0.25) is 0 Å². The van der Waals surface area contributed by atoms with Gasteiger partial charge in [-0.15, -0.1) is 0 Å². The zero-order valence-corrected chi connectivity index (χ0v) is 26.5. The predicted octanol–water partition coefficient (Wildman–Crippen LogP) is 10.6. The Kier molecular flexibility index (Phi) is 21.7. The van der Waals surface area contributed by atoms with Crippen molar-refractivity contribution in [3.8, 4) is 0 Å². The summed E-state index contributed by atoms with van der Waals surface area (Å²) in [6.45, 7) is 9.45. The lowest BCUT2D eigenvalue weighted by Crippen LogP contribution is -2.42. The highest BCUT2D eigenvalue weighted by Gasteiger charge is 2.37. The Hall–Kier alpha value is -0.940. The highest BCUT2D eigenvalue weighted by Crippen LogP contribution is 2.36. The molecule has 40 heavy (non-hydrogen) atoms. The lowest BCUT2D eigenvalue weighted by atomic mass is 9.84. The first-order chi connectivity index (χ1) is 19.8. The summed E-state index contributed by atoms with van der Waals surface area (Å²) >= 11 is 0. The van der Waals surface area contributed by atoms with E-state index in [-0.39, 0.29) is 11.7 Å².